The van der Waals surface area contributed by atoms with E-state index in [1.54, 1.807) is 0 Å². The fourth-order valence-electron chi connectivity index (χ4n) is 5.05. The lowest BCUT2D eigenvalue weighted by atomic mass is 9.73. The SMILES string of the molecule is CCOc1ccc(-c2ccc(CCC(CC)C[C@@](F)(C(=O)O)C3CCCCC3)cc2)cc1Br. The Morgan fingerprint density at radius 3 is 2.36 bits per heavy atom. The molecule has 2 aromatic carbocycles. The molecule has 33 heavy (non-hydrogen) atoms. The van der Waals surface area contributed by atoms with Crippen molar-refractivity contribution in [1.82, 2.24) is 0 Å². The fraction of sp³-hybridized carbons (Fsp3) is 0.536. The van der Waals surface area contributed by atoms with E-state index in [9.17, 15) is 9.90 Å². The molecule has 1 aliphatic rings. The summed E-state index contributed by atoms with van der Waals surface area (Å²) < 4.78 is 22.2. The Bertz CT molecular complexity index is 908. The normalized spacial score (nSPS) is 17.3. The van der Waals surface area contributed by atoms with E-state index in [0.717, 1.165) is 59.9 Å². The lowest BCUT2D eigenvalue weighted by molar-refractivity contribution is -0.158. The van der Waals surface area contributed by atoms with Crippen LogP contribution in [-0.2, 0) is 11.2 Å². The first-order chi connectivity index (χ1) is 15.9. The van der Waals surface area contributed by atoms with E-state index in [4.69, 9.17) is 4.74 Å². The largest absolute Gasteiger partial charge is 0.493 e. The van der Waals surface area contributed by atoms with Crippen LogP contribution in [0.25, 0.3) is 11.1 Å². The minimum Gasteiger partial charge on any atom is -0.493 e. The number of carbonyl (C=O) groups is 1. The van der Waals surface area contributed by atoms with Crippen molar-refractivity contribution in [2.24, 2.45) is 11.8 Å². The molecule has 0 spiro atoms. The third-order valence-corrected chi connectivity index (χ3v) is 7.75. The van der Waals surface area contributed by atoms with Gasteiger partial charge in [-0.3, -0.25) is 0 Å². The summed E-state index contributed by atoms with van der Waals surface area (Å²) in [5.41, 5.74) is 1.34. The fourth-order valence-corrected chi connectivity index (χ4v) is 5.54. The van der Waals surface area contributed by atoms with E-state index in [1.807, 2.05) is 19.9 Å². The van der Waals surface area contributed by atoms with Crippen LogP contribution >= 0.6 is 15.9 Å². The Morgan fingerprint density at radius 2 is 1.79 bits per heavy atom. The molecule has 2 atom stereocenters. The average Bonchev–Trinajstić information content (AvgIpc) is 2.83. The Morgan fingerprint density at radius 1 is 1.12 bits per heavy atom. The molecule has 0 saturated heterocycles. The topological polar surface area (TPSA) is 46.5 Å². The van der Waals surface area contributed by atoms with Crippen molar-refractivity contribution in [2.75, 3.05) is 6.61 Å². The molecule has 1 aliphatic carbocycles. The first kappa shape index (κ1) is 25.7. The zero-order valence-electron chi connectivity index (χ0n) is 19.8. The van der Waals surface area contributed by atoms with Crippen molar-refractivity contribution in [3.05, 3.63) is 52.5 Å². The van der Waals surface area contributed by atoms with Crippen LogP contribution in [0.3, 0.4) is 0 Å². The highest BCUT2D eigenvalue weighted by Crippen LogP contribution is 2.41. The zero-order chi connectivity index (χ0) is 23.8. The number of aliphatic carboxylic acids is 1. The third-order valence-electron chi connectivity index (χ3n) is 7.13. The molecular formula is C28H36BrFO3. The lowest BCUT2D eigenvalue weighted by Gasteiger charge is -2.35. The number of rotatable bonds is 11. The van der Waals surface area contributed by atoms with E-state index in [1.165, 1.54) is 5.56 Å². The van der Waals surface area contributed by atoms with Gasteiger partial charge in [-0.05, 0) is 89.7 Å². The van der Waals surface area contributed by atoms with Crippen LogP contribution in [0.4, 0.5) is 4.39 Å². The number of carboxylic acid groups (broad SMARTS) is 1. The van der Waals surface area contributed by atoms with Gasteiger partial charge in [0, 0.05) is 5.92 Å². The van der Waals surface area contributed by atoms with Crippen LogP contribution in [0.2, 0.25) is 0 Å². The van der Waals surface area contributed by atoms with Crippen molar-refractivity contribution in [2.45, 2.75) is 77.3 Å². The summed E-state index contributed by atoms with van der Waals surface area (Å²) in [7, 11) is 0. The third kappa shape index (κ3) is 6.59. The molecule has 1 fully saturated rings. The molecule has 0 aliphatic heterocycles. The summed E-state index contributed by atoms with van der Waals surface area (Å²) in [6.07, 6.45) is 6.92. The quantitative estimate of drug-likeness (QED) is 0.325. The molecule has 1 unspecified atom stereocenters. The maximum absolute atomic E-state index is 15.7. The first-order valence-electron chi connectivity index (χ1n) is 12.3. The van der Waals surface area contributed by atoms with Crippen molar-refractivity contribution in [1.29, 1.82) is 0 Å². The number of hydrogen-bond acceptors (Lipinski definition) is 2. The van der Waals surface area contributed by atoms with E-state index >= 15 is 4.39 Å². The molecule has 0 radical (unpaired) electrons. The molecule has 2 aromatic rings. The zero-order valence-corrected chi connectivity index (χ0v) is 21.4. The van der Waals surface area contributed by atoms with E-state index in [2.05, 4.69) is 52.3 Å². The van der Waals surface area contributed by atoms with Crippen molar-refractivity contribution >= 4 is 21.9 Å². The van der Waals surface area contributed by atoms with Gasteiger partial charge in [0.25, 0.3) is 0 Å². The van der Waals surface area contributed by atoms with Crippen molar-refractivity contribution < 1.29 is 19.0 Å². The molecular weight excluding hydrogens is 483 g/mol. The average molecular weight is 519 g/mol. The van der Waals surface area contributed by atoms with Gasteiger partial charge >= 0.3 is 5.97 Å². The number of aryl methyl sites for hydroxylation is 1. The summed E-state index contributed by atoms with van der Waals surface area (Å²) >= 11 is 3.57. The second-order valence-electron chi connectivity index (χ2n) is 9.29. The molecule has 3 rings (SSSR count). The van der Waals surface area contributed by atoms with Crippen LogP contribution in [0.15, 0.2) is 46.9 Å². The standard InChI is InChI=1S/C28H36BrFO3/c1-3-20(19-28(30,27(31)32)24-8-6-5-7-9-24)10-11-21-12-14-22(15-13-21)23-16-17-26(33-4-2)25(29)18-23/h12-18,20,24H,3-11,19H2,1-2H3,(H,31,32)/t20?,28-/m0/s1. The Balaban J connectivity index is 1.62. The summed E-state index contributed by atoms with van der Waals surface area (Å²) in [4.78, 5) is 11.9. The van der Waals surface area contributed by atoms with E-state index in [0.29, 0.717) is 19.4 Å². The maximum Gasteiger partial charge on any atom is 0.341 e. The van der Waals surface area contributed by atoms with Gasteiger partial charge in [0.05, 0.1) is 11.1 Å². The van der Waals surface area contributed by atoms with Crippen molar-refractivity contribution in [3.63, 3.8) is 0 Å². The summed E-state index contributed by atoms with van der Waals surface area (Å²) in [6, 6.07) is 14.5. The van der Waals surface area contributed by atoms with Crippen LogP contribution in [0.5, 0.6) is 5.75 Å². The number of benzene rings is 2. The lowest BCUT2D eigenvalue weighted by Crippen LogP contribution is -2.44. The number of carboxylic acids is 1. The van der Waals surface area contributed by atoms with Crippen LogP contribution in [-0.4, -0.2) is 23.4 Å². The van der Waals surface area contributed by atoms with Crippen LogP contribution < -0.4 is 4.74 Å². The second kappa shape index (κ2) is 12.0. The molecule has 0 heterocycles. The number of alkyl halides is 1. The van der Waals surface area contributed by atoms with Gasteiger partial charge in [-0.1, -0.05) is 62.9 Å². The van der Waals surface area contributed by atoms with Crippen LogP contribution in [0, 0.1) is 11.8 Å². The van der Waals surface area contributed by atoms with Gasteiger partial charge in [0.15, 0.2) is 0 Å². The van der Waals surface area contributed by atoms with Gasteiger partial charge in [-0.25, -0.2) is 9.18 Å². The number of ether oxygens (including phenoxy) is 1. The molecule has 180 valence electrons. The maximum atomic E-state index is 15.7. The van der Waals surface area contributed by atoms with Gasteiger partial charge in [0.1, 0.15) is 5.75 Å². The summed E-state index contributed by atoms with van der Waals surface area (Å²) in [5, 5.41) is 9.73. The minimum atomic E-state index is -2.09. The summed E-state index contributed by atoms with van der Waals surface area (Å²) in [6.45, 7) is 4.64. The predicted molar refractivity (Wildman–Crippen MR) is 136 cm³/mol. The van der Waals surface area contributed by atoms with Crippen molar-refractivity contribution in [3.8, 4) is 16.9 Å². The number of halogens is 2. The minimum absolute atomic E-state index is 0.0646. The predicted octanol–water partition coefficient (Wildman–Crippen LogP) is 8.24. The highest BCUT2D eigenvalue weighted by atomic mass is 79.9. The van der Waals surface area contributed by atoms with Gasteiger partial charge in [-0.2, -0.15) is 0 Å². The molecule has 0 amide bonds. The number of hydrogen-bond donors (Lipinski definition) is 1. The Labute approximate surface area is 205 Å². The molecule has 5 heteroatoms. The Hall–Kier alpha value is -1.88. The van der Waals surface area contributed by atoms with Crippen LogP contribution in [0.1, 0.15) is 70.8 Å². The monoisotopic (exact) mass is 518 g/mol. The first-order valence-corrected chi connectivity index (χ1v) is 13.1. The molecule has 0 bridgehead atoms. The molecule has 3 nitrogen and oxygen atoms in total. The molecule has 1 N–H and O–H groups in total. The molecule has 1 saturated carbocycles. The Kier molecular flexibility index (Phi) is 9.37. The van der Waals surface area contributed by atoms with E-state index < -0.39 is 11.6 Å². The second-order valence-corrected chi connectivity index (χ2v) is 10.1. The van der Waals surface area contributed by atoms with Gasteiger partial charge in [-0.15, -0.1) is 0 Å². The summed E-state index contributed by atoms with van der Waals surface area (Å²) in [5.74, 6) is -0.707. The smallest absolute Gasteiger partial charge is 0.341 e. The molecule has 0 aromatic heterocycles. The van der Waals surface area contributed by atoms with Gasteiger partial charge in [0.2, 0.25) is 5.67 Å². The highest BCUT2D eigenvalue weighted by molar-refractivity contribution is 9.10. The highest BCUT2D eigenvalue weighted by Gasteiger charge is 2.47. The van der Waals surface area contributed by atoms with E-state index in [-0.39, 0.29) is 18.3 Å². The van der Waals surface area contributed by atoms with Gasteiger partial charge < -0.3 is 9.84 Å².